The fraction of sp³-hybridized carbons (Fsp3) is 0.200. The van der Waals surface area contributed by atoms with Crippen molar-refractivity contribution in [2.45, 2.75) is 13.2 Å². The number of benzene rings is 5. The van der Waals surface area contributed by atoms with Gasteiger partial charge in [0.05, 0.1) is 41.7 Å². The van der Waals surface area contributed by atoms with Crippen molar-refractivity contribution in [1.29, 1.82) is 0 Å². The Morgan fingerprint density at radius 1 is 0.600 bits per heavy atom. The highest BCUT2D eigenvalue weighted by atomic mass is 16.5. The third-order valence-corrected chi connectivity index (χ3v) is 6.98. The van der Waals surface area contributed by atoms with Crippen molar-refractivity contribution in [3.05, 3.63) is 71.8 Å². The molecule has 0 radical (unpaired) electrons. The highest BCUT2D eigenvalue weighted by molar-refractivity contribution is 6.18. The molecule has 0 spiro atoms. The second-order valence-corrected chi connectivity index (χ2v) is 8.62. The summed E-state index contributed by atoms with van der Waals surface area (Å²) in [6.45, 7) is 1.06. The molecule has 5 aromatic carbocycles. The maximum atomic E-state index is 6.11. The van der Waals surface area contributed by atoms with E-state index in [1.165, 1.54) is 0 Å². The molecular weight excluding hydrogens is 440 g/mol. The fourth-order valence-electron chi connectivity index (χ4n) is 5.53. The molecule has 0 N–H and O–H groups in total. The Morgan fingerprint density at radius 2 is 1.20 bits per heavy atom. The molecule has 0 amide bonds. The molecule has 5 heteroatoms. The number of methoxy groups -OCH3 is 4. The highest BCUT2D eigenvalue weighted by Crippen LogP contribution is 2.53. The van der Waals surface area contributed by atoms with Gasteiger partial charge in [0.25, 0.3) is 0 Å². The van der Waals surface area contributed by atoms with Gasteiger partial charge in [-0.25, -0.2) is 0 Å². The largest absolute Gasteiger partial charge is 0.496 e. The average molecular weight is 467 g/mol. The van der Waals surface area contributed by atoms with Crippen molar-refractivity contribution in [3.63, 3.8) is 0 Å². The molecule has 0 fully saturated rings. The van der Waals surface area contributed by atoms with Crippen LogP contribution in [0, 0.1) is 0 Å². The van der Waals surface area contributed by atoms with E-state index in [1.807, 2.05) is 30.3 Å². The summed E-state index contributed by atoms with van der Waals surface area (Å²) in [5.74, 6) is 3.19. The predicted molar refractivity (Wildman–Crippen MR) is 139 cm³/mol. The molecule has 0 saturated carbocycles. The molecule has 0 bridgehead atoms. The third kappa shape index (κ3) is 3.05. The minimum Gasteiger partial charge on any atom is -0.496 e. The van der Waals surface area contributed by atoms with Gasteiger partial charge in [0.2, 0.25) is 0 Å². The van der Waals surface area contributed by atoms with Gasteiger partial charge >= 0.3 is 0 Å². The van der Waals surface area contributed by atoms with Crippen LogP contribution in [-0.4, -0.2) is 28.4 Å². The first-order valence-corrected chi connectivity index (χ1v) is 11.5. The van der Waals surface area contributed by atoms with E-state index in [0.717, 1.165) is 77.6 Å². The third-order valence-electron chi connectivity index (χ3n) is 6.98. The summed E-state index contributed by atoms with van der Waals surface area (Å²) in [7, 11) is 6.86. The molecule has 1 aliphatic heterocycles. The molecule has 0 aromatic heterocycles. The van der Waals surface area contributed by atoms with E-state index in [2.05, 4.69) is 30.3 Å². The Hall–Kier alpha value is -3.96. The monoisotopic (exact) mass is 466 g/mol. The van der Waals surface area contributed by atoms with Crippen LogP contribution in [0.4, 0.5) is 0 Å². The van der Waals surface area contributed by atoms with Crippen LogP contribution in [0.1, 0.15) is 11.1 Å². The molecule has 176 valence electrons. The summed E-state index contributed by atoms with van der Waals surface area (Å²) in [5, 5.41) is 5.94. The van der Waals surface area contributed by atoms with Crippen molar-refractivity contribution < 1.29 is 23.7 Å². The predicted octanol–water partition coefficient (Wildman–Crippen LogP) is 6.88. The number of ether oxygens (including phenoxy) is 5. The fourth-order valence-corrected chi connectivity index (χ4v) is 5.53. The van der Waals surface area contributed by atoms with Crippen molar-refractivity contribution in [1.82, 2.24) is 0 Å². The number of hydrogen-bond donors (Lipinski definition) is 0. The zero-order chi connectivity index (χ0) is 24.1. The van der Waals surface area contributed by atoms with Gasteiger partial charge in [-0.05, 0) is 23.3 Å². The first kappa shape index (κ1) is 21.6. The lowest BCUT2D eigenvalue weighted by atomic mass is 9.86. The standard InChI is InChI=1S/C30H26O5/c1-31-25-14-23(28(32-2)19-10-6-5-9-18(19)25)26-24-16-35-15-17(24)13-22-27(26)30(34-4)21-12-8-7-11-20(21)29(22)33-3/h5-14H,15-16H2,1-4H3. The van der Waals surface area contributed by atoms with E-state index >= 15 is 0 Å². The minimum absolute atomic E-state index is 0.511. The van der Waals surface area contributed by atoms with Gasteiger partial charge < -0.3 is 23.7 Å². The van der Waals surface area contributed by atoms with Crippen molar-refractivity contribution in [2.24, 2.45) is 0 Å². The summed E-state index contributed by atoms with van der Waals surface area (Å²) in [5.41, 5.74) is 4.23. The highest BCUT2D eigenvalue weighted by Gasteiger charge is 2.28. The smallest absolute Gasteiger partial charge is 0.135 e. The van der Waals surface area contributed by atoms with Gasteiger partial charge in [0.15, 0.2) is 0 Å². The van der Waals surface area contributed by atoms with Crippen LogP contribution in [0.5, 0.6) is 23.0 Å². The average Bonchev–Trinajstić information content (AvgIpc) is 3.38. The number of hydrogen-bond acceptors (Lipinski definition) is 5. The van der Waals surface area contributed by atoms with E-state index in [9.17, 15) is 0 Å². The lowest BCUT2D eigenvalue weighted by Gasteiger charge is -2.22. The van der Waals surface area contributed by atoms with Gasteiger partial charge in [-0.2, -0.15) is 0 Å². The lowest BCUT2D eigenvalue weighted by Crippen LogP contribution is -2.00. The molecule has 1 heterocycles. The summed E-state index contributed by atoms with van der Waals surface area (Å²) in [6, 6.07) is 20.6. The van der Waals surface area contributed by atoms with Crippen molar-refractivity contribution in [2.75, 3.05) is 28.4 Å². The minimum atomic E-state index is 0.511. The van der Waals surface area contributed by atoms with Crippen LogP contribution in [-0.2, 0) is 18.0 Å². The molecule has 1 aliphatic rings. The molecule has 35 heavy (non-hydrogen) atoms. The first-order chi connectivity index (χ1) is 17.2. The van der Waals surface area contributed by atoms with Gasteiger partial charge in [0, 0.05) is 43.4 Å². The zero-order valence-electron chi connectivity index (χ0n) is 20.2. The van der Waals surface area contributed by atoms with Gasteiger partial charge in [-0.3, -0.25) is 0 Å². The molecule has 0 aliphatic carbocycles. The molecule has 0 saturated heterocycles. The normalized spacial score (nSPS) is 12.8. The van der Waals surface area contributed by atoms with Crippen molar-refractivity contribution in [3.8, 4) is 34.1 Å². The van der Waals surface area contributed by atoms with Crippen LogP contribution in [0.3, 0.4) is 0 Å². The Kier molecular flexibility index (Phi) is 5.15. The quantitative estimate of drug-likeness (QED) is 0.264. The number of fused-ring (bicyclic) bond motifs is 4. The molecule has 0 atom stereocenters. The molecule has 6 rings (SSSR count). The molecular formula is C30H26O5. The van der Waals surface area contributed by atoms with Crippen LogP contribution in [0.25, 0.3) is 43.4 Å². The SMILES string of the molecule is COc1cc(-c2c3c(cc4c(OC)c5ccccc5c(OC)c24)COC3)c(OC)c2ccccc12. The van der Waals surface area contributed by atoms with E-state index < -0.39 is 0 Å². The van der Waals surface area contributed by atoms with Crippen LogP contribution < -0.4 is 18.9 Å². The maximum Gasteiger partial charge on any atom is 0.135 e. The summed E-state index contributed by atoms with van der Waals surface area (Å²) in [4.78, 5) is 0. The van der Waals surface area contributed by atoms with Gasteiger partial charge in [-0.1, -0.05) is 48.5 Å². The van der Waals surface area contributed by atoms with E-state index in [0.29, 0.717) is 13.2 Å². The van der Waals surface area contributed by atoms with Gasteiger partial charge in [0.1, 0.15) is 23.0 Å². The Morgan fingerprint density at radius 3 is 1.83 bits per heavy atom. The summed E-state index contributed by atoms with van der Waals surface area (Å²) >= 11 is 0. The van der Waals surface area contributed by atoms with E-state index in [4.69, 9.17) is 23.7 Å². The second-order valence-electron chi connectivity index (χ2n) is 8.62. The maximum absolute atomic E-state index is 6.11. The van der Waals surface area contributed by atoms with Crippen LogP contribution >= 0.6 is 0 Å². The lowest BCUT2D eigenvalue weighted by molar-refractivity contribution is 0.134. The Bertz CT molecular complexity index is 1620. The van der Waals surface area contributed by atoms with Crippen LogP contribution in [0.2, 0.25) is 0 Å². The second kappa shape index (κ2) is 8.36. The van der Waals surface area contributed by atoms with Gasteiger partial charge in [-0.15, -0.1) is 0 Å². The van der Waals surface area contributed by atoms with E-state index in [1.54, 1.807) is 28.4 Å². The van der Waals surface area contributed by atoms with E-state index in [-0.39, 0.29) is 0 Å². The molecule has 5 aromatic rings. The Balaban J connectivity index is 1.88. The summed E-state index contributed by atoms with van der Waals surface area (Å²) in [6.07, 6.45) is 0. The van der Waals surface area contributed by atoms with Crippen LogP contribution in [0.15, 0.2) is 60.7 Å². The van der Waals surface area contributed by atoms with Crippen molar-refractivity contribution >= 4 is 32.3 Å². The summed E-state index contributed by atoms with van der Waals surface area (Å²) < 4.78 is 30.0. The molecule has 5 nitrogen and oxygen atoms in total. The zero-order valence-corrected chi connectivity index (χ0v) is 20.2. The molecule has 0 unspecified atom stereocenters. The topological polar surface area (TPSA) is 46.2 Å². The first-order valence-electron chi connectivity index (χ1n) is 11.5. The number of rotatable bonds is 5. The Labute approximate surface area is 203 Å².